The Bertz CT molecular complexity index is 935. The number of aliphatic hydroxyl groups is 2. The maximum Gasteiger partial charge on any atom is 0.306 e. The predicted octanol–water partition coefficient (Wildman–Crippen LogP) is 15.5. The van der Waals surface area contributed by atoms with E-state index in [2.05, 4.69) is 50.4 Å². The lowest BCUT2D eigenvalue weighted by molar-refractivity contribution is -0.151. The van der Waals surface area contributed by atoms with Crippen LogP contribution in [0.5, 0.6) is 0 Å². The molecule has 6 heteroatoms. The van der Waals surface area contributed by atoms with E-state index >= 15 is 0 Å². The van der Waals surface area contributed by atoms with E-state index in [-0.39, 0.29) is 24.9 Å². The molecule has 0 bridgehead atoms. The molecule has 0 rings (SSSR count). The number of hydrogen-bond donors (Lipinski definition) is 3. The highest BCUT2D eigenvalue weighted by molar-refractivity contribution is 5.77. The molecule has 3 unspecified atom stereocenters. The molecular formula is C53H101NO5. The lowest BCUT2D eigenvalue weighted by atomic mass is 10.0. The van der Waals surface area contributed by atoms with Gasteiger partial charge < -0.3 is 20.3 Å². The quantitative estimate of drug-likeness (QED) is 0.0322. The van der Waals surface area contributed by atoms with Crippen LogP contribution in [0.4, 0.5) is 0 Å². The molecule has 0 aliphatic rings. The maximum absolute atomic E-state index is 13.2. The standard InChI is InChI=1S/C53H101NO5/c1-4-7-10-13-16-19-22-24-26-28-30-32-35-38-41-44-49(59-53(58)46-43-40-37-34-31-29-27-25-23-20-17-14-11-8-5-2)47-52(57)54-50(48-55)51(56)45-42-39-36-33-21-18-15-12-9-6-3/h20,23-24,26,49-51,55-56H,4-19,21-22,25,27-48H2,1-3H3,(H,54,57)/b23-20-,26-24+. The molecule has 348 valence electrons. The highest BCUT2D eigenvalue weighted by Gasteiger charge is 2.24. The SMILES string of the molecule is CCCCCC/C=C\CCCCCCCCCC(=O)OC(CCCCCCC/C=C/CCCCCCCC)CC(=O)NC(CO)C(O)CCCCCCCCCCCC. The molecule has 0 aromatic carbocycles. The Balaban J connectivity index is 4.57. The molecule has 0 aromatic rings. The number of unbranched alkanes of at least 4 members (excludes halogenated alkanes) is 31. The van der Waals surface area contributed by atoms with Gasteiger partial charge in [-0.05, 0) is 77.0 Å². The Kier molecular flexibility index (Phi) is 46.1. The van der Waals surface area contributed by atoms with Gasteiger partial charge >= 0.3 is 5.97 Å². The van der Waals surface area contributed by atoms with Crippen molar-refractivity contribution in [3.05, 3.63) is 24.3 Å². The number of amides is 1. The molecule has 3 N–H and O–H groups in total. The highest BCUT2D eigenvalue weighted by Crippen LogP contribution is 2.18. The monoisotopic (exact) mass is 832 g/mol. The van der Waals surface area contributed by atoms with Crippen LogP contribution in [0.1, 0.15) is 278 Å². The van der Waals surface area contributed by atoms with Crippen LogP contribution in [0.3, 0.4) is 0 Å². The van der Waals surface area contributed by atoms with E-state index in [1.807, 2.05) is 0 Å². The number of rotatable bonds is 47. The summed E-state index contributed by atoms with van der Waals surface area (Å²) < 4.78 is 5.93. The summed E-state index contributed by atoms with van der Waals surface area (Å²) in [7, 11) is 0. The van der Waals surface area contributed by atoms with Gasteiger partial charge in [0, 0.05) is 6.42 Å². The second-order valence-electron chi connectivity index (χ2n) is 17.9. The first-order valence-electron chi connectivity index (χ1n) is 26.1. The summed E-state index contributed by atoms with van der Waals surface area (Å²) in [5, 5.41) is 23.7. The largest absolute Gasteiger partial charge is 0.462 e. The van der Waals surface area contributed by atoms with Crippen LogP contribution in [0.15, 0.2) is 24.3 Å². The van der Waals surface area contributed by atoms with Crippen molar-refractivity contribution in [3.63, 3.8) is 0 Å². The van der Waals surface area contributed by atoms with Crippen molar-refractivity contribution in [1.29, 1.82) is 0 Å². The van der Waals surface area contributed by atoms with Crippen LogP contribution < -0.4 is 5.32 Å². The first-order chi connectivity index (χ1) is 29.0. The number of ether oxygens (including phenoxy) is 1. The van der Waals surface area contributed by atoms with Gasteiger partial charge in [-0.3, -0.25) is 9.59 Å². The second-order valence-corrected chi connectivity index (χ2v) is 17.9. The third-order valence-electron chi connectivity index (χ3n) is 12.0. The van der Waals surface area contributed by atoms with Crippen molar-refractivity contribution < 1.29 is 24.5 Å². The molecule has 59 heavy (non-hydrogen) atoms. The van der Waals surface area contributed by atoms with Crippen LogP contribution in [0.25, 0.3) is 0 Å². The zero-order chi connectivity index (χ0) is 43.1. The zero-order valence-corrected chi connectivity index (χ0v) is 39.7. The van der Waals surface area contributed by atoms with Gasteiger partial charge in [-0.15, -0.1) is 0 Å². The molecule has 0 saturated carbocycles. The number of carbonyl (C=O) groups is 2. The van der Waals surface area contributed by atoms with Gasteiger partial charge in [0.05, 0.1) is 25.2 Å². The minimum Gasteiger partial charge on any atom is -0.462 e. The third kappa shape index (κ3) is 42.8. The summed E-state index contributed by atoms with van der Waals surface area (Å²) in [5.41, 5.74) is 0. The lowest BCUT2D eigenvalue weighted by Gasteiger charge is -2.24. The molecule has 0 saturated heterocycles. The van der Waals surface area contributed by atoms with Crippen molar-refractivity contribution in [1.82, 2.24) is 5.32 Å². The fraction of sp³-hybridized carbons (Fsp3) is 0.887. The molecule has 6 nitrogen and oxygen atoms in total. The zero-order valence-electron chi connectivity index (χ0n) is 39.7. The van der Waals surface area contributed by atoms with Gasteiger partial charge in [0.15, 0.2) is 0 Å². The summed E-state index contributed by atoms with van der Waals surface area (Å²) in [6, 6.07) is -0.700. The topological polar surface area (TPSA) is 95.9 Å². The van der Waals surface area contributed by atoms with Crippen LogP contribution in [-0.4, -0.2) is 46.9 Å². The van der Waals surface area contributed by atoms with Crippen LogP contribution >= 0.6 is 0 Å². The molecule has 0 radical (unpaired) electrons. The van der Waals surface area contributed by atoms with Crippen LogP contribution in [0.2, 0.25) is 0 Å². The van der Waals surface area contributed by atoms with E-state index < -0.39 is 18.2 Å². The van der Waals surface area contributed by atoms with E-state index in [1.165, 1.54) is 167 Å². The van der Waals surface area contributed by atoms with Crippen molar-refractivity contribution in [2.45, 2.75) is 296 Å². The molecule has 0 aliphatic carbocycles. The van der Waals surface area contributed by atoms with Gasteiger partial charge in [-0.25, -0.2) is 0 Å². The number of allylic oxidation sites excluding steroid dienone is 4. The predicted molar refractivity (Wildman–Crippen MR) is 255 cm³/mol. The average molecular weight is 832 g/mol. The third-order valence-corrected chi connectivity index (χ3v) is 12.0. The van der Waals surface area contributed by atoms with E-state index in [9.17, 15) is 19.8 Å². The van der Waals surface area contributed by atoms with Gasteiger partial charge in [-0.1, -0.05) is 212 Å². The first-order valence-corrected chi connectivity index (χ1v) is 26.1. The summed E-state index contributed by atoms with van der Waals surface area (Å²) in [4.78, 5) is 26.1. The van der Waals surface area contributed by atoms with Gasteiger partial charge in [0.1, 0.15) is 6.10 Å². The van der Waals surface area contributed by atoms with E-state index in [1.54, 1.807) is 0 Å². The minimum atomic E-state index is -0.786. The number of hydrogen-bond acceptors (Lipinski definition) is 5. The Morgan fingerprint density at radius 1 is 0.475 bits per heavy atom. The number of aliphatic hydroxyl groups excluding tert-OH is 2. The molecule has 1 amide bonds. The van der Waals surface area contributed by atoms with E-state index in [0.717, 1.165) is 64.2 Å². The van der Waals surface area contributed by atoms with Crippen molar-refractivity contribution in [3.8, 4) is 0 Å². The summed E-state index contributed by atoms with van der Waals surface area (Å²) in [6.07, 6.45) is 53.8. The molecule has 0 aromatic heterocycles. The Labute approximate surface area is 367 Å². The molecule has 0 spiro atoms. The highest BCUT2D eigenvalue weighted by atomic mass is 16.5. The minimum absolute atomic E-state index is 0.0741. The average Bonchev–Trinajstić information content (AvgIpc) is 3.23. The van der Waals surface area contributed by atoms with Crippen LogP contribution in [-0.2, 0) is 14.3 Å². The van der Waals surface area contributed by atoms with E-state index in [0.29, 0.717) is 19.3 Å². The molecule has 0 fully saturated rings. The number of carbonyl (C=O) groups excluding carboxylic acids is 2. The maximum atomic E-state index is 13.2. The fourth-order valence-corrected chi connectivity index (χ4v) is 8.01. The molecule has 0 heterocycles. The van der Waals surface area contributed by atoms with Crippen molar-refractivity contribution in [2.75, 3.05) is 6.61 Å². The van der Waals surface area contributed by atoms with Crippen LogP contribution in [0, 0.1) is 0 Å². The van der Waals surface area contributed by atoms with E-state index in [4.69, 9.17) is 4.74 Å². The van der Waals surface area contributed by atoms with Crippen molar-refractivity contribution >= 4 is 11.9 Å². The molecule has 3 atom stereocenters. The number of nitrogens with one attached hydrogen (secondary N) is 1. The second kappa shape index (κ2) is 47.4. The Hall–Kier alpha value is -1.66. The van der Waals surface area contributed by atoms with Crippen molar-refractivity contribution in [2.24, 2.45) is 0 Å². The number of esters is 1. The summed E-state index contributed by atoms with van der Waals surface area (Å²) in [5.74, 6) is -0.476. The normalized spacial score (nSPS) is 13.4. The summed E-state index contributed by atoms with van der Waals surface area (Å²) >= 11 is 0. The first kappa shape index (κ1) is 57.3. The Morgan fingerprint density at radius 2 is 0.814 bits per heavy atom. The van der Waals surface area contributed by atoms with Gasteiger partial charge in [0.25, 0.3) is 0 Å². The Morgan fingerprint density at radius 3 is 1.22 bits per heavy atom. The smallest absolute Gasteiger partial charge is 0.306 e. The van der Waals surface area contributed by atoms with Gasteiger partial charge in [0.2, 0.25) is 5.91 Å². The lowest BCUT2D eigenvalue weighted by Crippen LogP contribution is -2.46. The molecule has 0 aliphatic heterocycles. The molecular weight excluding hydrogens is 731 g/mol. The summed E-state index contributed by atoms with van der Waals surface area (Å²) in [6.45, 7) is 6.47. The fourth-order valence-electron chi connectivity index (χ4n) is 8.01. The van der Waals surface area contributed by atoms with Gasteiger partial charge in [-0.2, -0.15) is 0 Å².